The predicted molar refractivity (Wildman–Crippen MR) is 106 cm³/mol. The number of nitrogens with zero attached hydrogens (tertiary/aromatic N) is 2. The van der Waals surface area contributed by atoms with Gasteiger partial charge < -0.3 is 4.90 Å². The average molecular weight is 392 g/mol. The standard InChI is InChI=1S/C17H17Cl3N2.ClH/c18-8-10-22(11-9-19)17-6-4-14(5-7-17)13-21-16-3-1-2-15(20)12-16;/h1-7,12-13H,8-11H2;1H. The van der Waals surface area contributed by atoms with Crippen molar-refractivity contribution in [2.24, 2.45) is 4.99 Å². The van der Waals surface area contributed by atoms with Crippen LogP contribution < -0.4 is 4.90 Å². The number of hydrogen-bond acceptors (Lipinski definition) is 2. The molecule has 0 spiro atoms. The Balaban J connectivity index is 0.00000264. The topological polar surface area (TPSA) is 15.6 Å². The molecule has 0 aliphatic carbocycles. The average Bonchev–Trinajstić information content (AvgIpc) is 2.53. The first-order valence-corrected chi connectivity index (χ1v) is 8.44. The molecule has 124 valence electrons. The smallest absolute Gasteiger partial charge is 0.0644 e. The van der Waals surface area contributed by atoms with Crippen molar-refractivity contribution in [1.82, 2.24) is 0 Å². The molecule has 23 heavy (non-hydrogen) atoms. The summed E-state index contributed by atoms with van der Waals surface area (Å²) in [7, 11) is 0. The molecule has 0 heterocycles. The fourth-order valence-electron chi connectivity index (χ4n) is 2.05. The summed E-state index contributed by atoms with van der Waals surface area (Å²) in [6.45, 7) is 1.56. The maximum absolute atomic E-state index is 5.94. The van der Waals surface area contributed by atoms with Crippen LogP contribution in [0.25, 0.3) is 0 Å². The molecule has 0 fully saturated rings. The zero-order chi connectivity index (χ0) is 15.8. The summed E-state index contributed by atoms with van der Waals surface area (Å²) < 4.78 is 0. The second-order valence-electron chi connectivity index (χ2n) is 4.69. The number of anilines is 1. The molecule has 0 saturated heterocycles. The van der Waals surface area contributed by atoms with Crippen LogP contribution in [-0.2, 0) is 0 Å². The second-order valence-corrected chi connectivity index (χ2v) is 5.89. The van der Waals surface area contributed by atoms with Crippen LogP contribution in [0.2, 0.25) is 5.02 Å². The molecule has 0 saturated carbocycles. The Bertz CT molecular complexity index is 608. The molecule has 2 nitrogen and oxygen atoms in total. The van der Waals surface area contributed by atoms with Crippen molar-refractivity contribution in [1.29, 1.82) is 0 Å². The van der Waals surface area contributed by atoms with E-state index >= 15 is 0 Å². The Hall–Kier alpha value is -0.930. The minimum atomic E-state index is 0. The lowest BCUT2D eigenvalue weighted by Gasteiger charge is -2.22. The van der Waals surface area contributed by atoms with Crippen molar-refractivity contribution in [3.8, 4) is 0 Å². The van der Waals surface area contributed by atoms with E-state index in [4.69, 9.17) is 34.8 Å². The lowest BCUT2D eigenvalue weighted by Crippen LogP contribution is -2.27. The van der Waals surface area contributed by atoms with Crippen molar-refractivity contribution >= 4 is 64.8 Å². The zero-order valence-electron chi connectivity index (χ0n) is 12.5. The summed E-state index contributed by atoms with van der Waals surface area (Å²) in [5.41, 5.74) is 2.98. The van der Waals surface area contributed by atoms with Gasteiger partial charge in [-0.2, -0.15) is 0 Å². The number of hydrogen-bond donors (Lipinski definition) is 0. The van der Waals surface area contributed by atoms with Gasteiger partial charge in [0, 0.05) is 41.8 Å². The first-order valence-electron chi connectivity index (χ1n) is 6.99. The van der Waals surface area contributed by atoms with Gasteiger partial charge in [0.05, 0.1) is 5.69 Å². The van der Waals surface area contributed by atoms with E-state index in [1.807, 2.05) is 42.6 Å². The molecule has 0 radical (unpaired) electrons. The normalized spacial score (nSPS) is 10.6. The molecule has 0 atom stereocenters. The van der Waals surface area contributed by atoms with Gasteiger partial charge in [-0.05, 0) is 35.9 Å². The molecular weight excluding hydrogens is 374 g/mol. The highest BCUT2D eigenvalue weighted by atomic mass is 35.5. The number of rotatable bonds is 7. The summed E-state index contributed by atoms with van der Waals surface area (Å²) >= 11 is 17.6. The largest absolute Gasteiger partial charge is 0.369 e. The van der Waals surface area contributed by atoms with Gasteiger partial charge in [-0.1, -0.05) is 29.8 Å². The summed E-state index contributed by atoms with van der Waals surface area (Å²) in [4.78, 5) is 6.58. The summed E-state index contributed by atoms with van der Waals surface area (Å²) in [6.07, 6.45) is 1.82. The monoisotopic (exact) mass is 390 g/mol. The zero-order valence-corrected chi connectivity index (χ0v) is 15.5. The SMILES string of the molecule is Cl.ClCCN(CCCl)c1ccc(C=Nc2cccc(Cl)c2)cc1. The van der Waals surface area contributed by atoms with Crippen LogP contribution in [0.5, 0.6) is 0 Å². The van der Waals surface area contributed by atoms with Gasteiger partial charge in [-0.25, -0.2) is 0 Å². The van der Waals surface area contributed by atoms with E-state index in [0.29, 0.717) is 16.8 Å². The van der Waals surface area contributed by atoms with Crippen LogP contribution in [0.3, 0.4) is 0 Å². The number of benzene rings is 2. The minimum absolute atomic E-state index is 0. The van der Waals surface area contributed by atoms with Gasteiger partial charge >= 0.3 is 0 Å². The molecule has 6 heteroatoms. The first-order chi connectivity index (χ1) is 10.7. The third kappa shape index (κ3) is 6.60. The van der Waals surface area contributed by atoms with E-state index in [2.05, 4.69) is 22.0 Å². The fraction of sp³-hybridized carbons (Fsp3) is 0.235. The molecule has 0 unspecified atom stereocenters. The van der Waals surface area contributed by atoms with E-state index in [1.54, 1.807) is 0 Å². The summed E-state index contributed by atoms with van der Waals surface area (Å²) in [5.74, 6) is 1.16. The van der Waals surface area contributed by atoms with Crippen LogP contribution in [0.1, 0.15) is 5.56 Å². The maximum Gasteiger partial charge on any atom is 0.0644 e. The lowest BCUT2D eigenvalue weighted by molar-refractivity contribution is 0.874. The maximum atomic E-state index is 5.94. The number of halogens is 4. The highest BCUT2D eigenvalue weighted by Gasteiger charge is 2.04. The molecule has 0 amide bonds. The van der Waals surface area contributed by atoms with E-state index in [1.165, 1.54) is 0 Å². The van der Waals surface area contributed by atoms with Gasteiger partial charge in [-0.3, -0.25) is 4.99 Å². The Labute approximate surface area is 158 Å². The highest BCUT2D eigenvalue weighted by Crippen LogP contribution is 2.19. The van der Waals surface area contributed by atoms with Crippen molar-refractivity contribution in [2.45, 2.75) is 0 Å². The molecule has 0 N–H and O–H groups in total. The van der Waals surface area contributed by atoms with Crippen LogP contribution in [0.15, 0.2) is 53.5 Å². The molecule has 0 bridgehead atoms. The quantitative estimate of drug-likeness (QED) is 0.430. The molecule has 0 aromatic heterocycles. The Morgan fingerprint density at radius 1 is 0.957 bits per heavy atom. The minimum Gasteiger partial charge on any atom is -0.369 e. The van der Waals surface area contributed by atoms with E-state index in [-0.39, 0.29) is 12.4 Å². The molecule has 2 aromatic rings. The molecule has 0 aliphatic heterocycles. The Morgan fingerprint density at radius 3 is 2.17 bits per heavy atom. The van der Waals surface area contributed by atoms with Gasteiger partial charge in [0.25, 0.3) is 0 Å². The molecule has 2 aromatic carbocycles. The van der Waals surface area contributed by atoms with Gasteiger partial charge in [0.1, 0.15) is 0 Å². The van der Waals surface area contributed by atoms with Gasteiger partial charge in [0.15, 0.2) is 0 Å². The lowest BCUT2D eigenvalue weighted by atomic mass is 10.2. The van der Waals surface area contributed by atoms with E-state index in [0.717, 1.165) is 30.0 Å². The van der Waals surface area contributed by atoms with Crippen LogP contribution in [-0.4, -0.2) is 31.1 Å². The predicted octanol–water partition coefficient (Wildman–Crippen LogP) is 5.80. The van der Waals surface area contributed by atoms with Crippen LogP contribution >= 0.6 is 47.2 Å². The second kappa shape index (κ2) is 10.8. The van der Waals surface area contributed by atoms with Crippen molar-refractivity contribution < 1.29 is 0 Å². The van der Waals surface area contributed by atoms with Gasteiger partial charge in [-0.15, -0.1) is 35.6 Å². The van der Waals surface area contributed by atoms with Crippen LogP contribution in [0.4, 0.5) is 11.4 Å². The molecule has 2 rings (SSSR count). The van der Waals surface area contributed by atoms with Gasteiger partial charge in [0.2, 0.25) is 0 Å². The van der Waals surface area contributed by atoms with Crippen molar-refractivity contribution in [3.05, 3.63) is 59.1 Å². The Morgan fingerprint density at radius 2 is 1.61 bits per heavy atom. The number of aliphatic imine (C=N–C) groups is 1. The number of alkyl halides is 2. The van der Waals surface area contributed by atoms with Crippen molar-refractivity contribution in [2.75, 3.05) is 29.7 Å². The third-order valence-electron chi connectivity index (χ3n) is 3.14. The summed E-state index contributed by atoms with van der Waals surface area (Å²) in [6, 6.07) is 15.6. The Kier molecular flexibility index (Phi) is 9.42. The first kappa shape index (κ1) is 20.1. The third-order valence-corrected chi connectivity index (χ3v) is 3.71. The summed E-state index contributed by atoms with van der Waals surface area (Å²) in [5, 5.41) is 0.683. The highest BCUT2D eigenvalue weighted by molar-refractivity contribution is 6.30. The molecule has 0 aliphatic rings. The molecular formula is C17H18Cl4N2. The van der Waals surface area contributed by atoms with Crippen LogP contribution in [0, 0.1) is 0 Å². The van der Waals surface area contributed by atoms with Crippen molar-refractivity contribution in [3.63, 3.8) is 0 Å². The fourth-order valence-corrected chi connectivity index (χ4v) is 2.64. The van der Waals surface area contributed by atoms with E-state index < -0.39 is 0 Å². The van der Waals surface area contributed by atoms with E-state index in [9.17, 15) is 0 Å².